The molecule has 0 aliphatic rings. The standard InChI is InChI=1S/C8H13N3O3/c1-5(2)11-6(4-14-3)7(8(12)13)9-10-11/h5H,4H2,1-3H3,(H,12,13). The van der Waals surface area contributed by atoms with Gasteiger partial charge in [-0.1, -0.05) is 5.21 Å². The Morgan fingerprint density at radius 1 is 1.64 bits per heavy atom. The third-order valence-corrected chi connectivity index (χ3v) is 1.76. The second-order valence-corrected chi connectivity index (χ2v) is 3.16. The van der Waals surface area contributed by atoms with E-state index in [1.807, 2.05) is 13.8 Å². The van der Waals surface area contributed by atoms with Crippen LogP contribution in [0, 0.1) is 0 Å². The number of hydrogen-bond donors (Lipinski definition) is 1. The van der Waals surface area contributed by atoms with Crippen LogP contribution in [0.25, 0.3) is 0 Å². The minimum absolute atomic E-state index is 0.0412. The van der Waals surface area contributed by atoms with Crippen molar-refractivity contribution in [3.8, 4) is 0 Å². The third kappa shape index (κ3) is 1.90. The highest BCUT2D eigenvalue weighted by atomic mass is 16.5. The molecule has 1 N–H and O–H groups in total. The Balaban J connectivity index is 3.13. The molecule has 0 unspecified atom stereocenters. The summed E-state index contributed by atoms with van der Waals surface area (Å²) in [6.45, 7) is 4.01. The highest BCUT2D eigenvalue weighted by Crippen LogP contribution is 2.12. The first-order valence-corrected chi connectivity index (χ1v) is 4.24. The number of carbonyl (C=O) groups is 1. The monoisotopic (exact) mass is 199 g/mol. The first kappa shape index (κ1) is 10.6. The summed E-state index contributed by atoms with van der Waals surface area (Å²) in [4.78, 5) is 10.8. The fourth-order valence-corrected chi connectivity index (χ4v) is 1.17. The summed E-state index contributed by atoms with van der Waals surface area (Å²) in [5.41, 5.74) is 0.454. The Morgan fingerprint density at radius 2 is 2.29 bits per heavy atom. The van der Waals surface area contributed by atoms with Gasteiger partial charge in [-0.15, -0.1) is 5.10 Å². The van der Waals surface area contributed by atoms with Gasteiger partial charge in [-0.3, -0.25) is 0 Å². The van der Waals surface area contributed by atoms with E-state index in [-0.39, 0.29) is 18.3 Å². The van der Waals surface area contributed by atoms with Crippen LogP contribution in [0.2, 0.25) is 0 Å². The zero-order valence-corrected chi connectivity index (χ0v) is 8.39. The second kappa shape index (κ2) is 4.19. The van der Waals surface area contributed by atoms with Gasteiger partial charge in [-0.2, -0.15) is 0 Å². The van der Waals surface area contributed by atoms with E-state index in [1.165, 1.54) is 7.11 Å². The van der Waals surface area contributed by atoms with Crippen LogP contribution in [0.5, 0.6) is 0 Å². The Kier molecular flexibility index (Phi) is 3.19. The lowest BCUT2D eigenvalue weighted by Gasteiger charge is -2.08. The highest BCUT2D eigenvalue weighted by molar-refractivity contribution is 5.86. The number of rotatable bonds is 4. The molecule has 0 aliphatic carbocycles. The predicted molar refractivity (Wildman–Crippen MR) is 48.1 cm³/mol. The molecule has 6 heteroatoms. The van der Waals surface area contributed by atoms with Gasteiger partial charge >= 0.3 is 5.97 Å². The number of nitrogens with zero attached hydrogens (tertiary/aromatic N) is 3. The SMILES string of the molecule is COCc1c(C(=O)O)nnn1C(C)C. The summed E-state index contributed by atoms with van der Waals surface area (Å²) in [5, 5.41) is 16.2. The van der Waals surface area contributed by atoms with Crippen molar-refractivity contribution >= 4 is 5.97 Å². The normalized spacial score (nSPS) is 10.9. The lowest BCUT2D eigenvalue weighted by molar-refractivity contribution is 0.0684. The number of carboxylic acid groups (broad SMARTS) is 1. The molecular formula is C8H13N3O3. The lowest BCUT2D eigenvalue weighted by atomic mass is 10.3. The van der Waals surface area contributed by atoms with Gasteiger partial charge in [0.05, 0.1) is 12.3 Å². The van der Waals surface area contributed by atoms with Crippen molar-refractivity contribution in [1.82, 2.24) is 15.0 Å². The molecule has 1 aromatic heterocycles. The fraction of sp³-hybridized carbons (Fsp3) is 0.625. The zero-order chi connectivity index (χ0) is 10.7. The van der Waals surface area contributed by atoms with Gasteiger partial charge < -0.3 is 9.84 Å². The molecule has 0 saturated heterocycles. The summed E-state index contributed by atoms with van der Waals surface area (Å²) >= 11 is 0. The lowest BCUT2D eigenvalue weighted by Crippen LogP contribution is -2.11. The van der Waals surface area contributed by atoms with Crippen molar-refractivity contribution in [3.63, 3.8) is 0 Å². The molecule has 0 atom stereocenters. The molecule has 0 saturated carbocycles. The van der Waals surface area contributed by atoms with Crippen molar-refractivity contribution in [1.29, 1.82) is 0 Å². The van der Waals surface area contributed by atoms with Crippen LogP contribution in [-0.2, 0) is 11.3 Å². The van der Waals surface area contributed by atoms with Gasteiger partial charge in [0.2, 0.25) is 0 Å². The number of carboxylic acids is 1. The molecule has 78 valence electrons. The minimum atomic E-state index is -1.08. The van der Waals surface area contributed by atoms with E-state index < -0.39 is 5.97 Å². The maximum absolute atomic E-state index is 10.8. The van der Waals surface area contributed by atoms with E-state index in [1.54, 1.807) is 4.68 Å². The van der Waals surface area contributed by atoms with Crippen molar-refractivity contribution in [2.75, 3.05) is 7.11 Å². The van der Waals surface area contributed by atoms with E-state index >= 15 is 0 Å². The molecule has 0 aliphatic heterocycles. The zero-order valence-electron chi connectivity index (χ0n) is 8.39. The summed E-state index contributed by atoms with van der Waals surface area (Å²) in [6, 6.07) is 0.0701. The van der Waals surface area contributed by atoms with Crippen LogP contribution < -0.4 is 0 Å². The molecule has 0 fully saturated rings. The molecule has 0 radical (unpaired) electrons. The summed E-state index contributed by atoms with van der Waals surface area (Å²) < 4.78 is 6.45. The topological polar surface area (TPSA) is 77.2 Å². The van der Waals surface area contributed by atoms with Crippen LogP contribution in [-0.4, -0.2) is 33.2 Å². The van der Waals surface area contributed by atoms with Gasteiger partial charge in [-0.25, -0.2) is 9.48 Å². The maximum atomic E-state index is 10.8. The van der Waals surface area contributed by atoms with Crippen LogP contribution in [0.3, 0.4) is 0 Å². The summed E-state index contributed by atoms with van der Waals surface area (Å²) in [7, 11) is 1.50. The van der Waals surface area contributed by atoms with Crippen molar-refractivity contribution in [2.24, 2.45) is 0 Å². The van der Waals surface area contributed by atoms with Crippen molar-refractivity contribution in [2.45, 2.75) is 26.5 Å². The fourth-order valence-electron chi connectivity index (χ4n) is 1.17. The van der Waals surface area contributed by atoms with Gasteiger partial charge in [0.1, 0.15) is 0 Å². The third-order valence-electron chi connectivity index (χ3n) is 1.76. The van der Waals surface area contributed by atoms with E-state index in [2.05, 4.69) is 10.3 Å². The predicted octanol–water partition coefficient (Wildman–Crippen LogP) is 0.704. The highest BCUT2D eigenvalue weighted by Gasteiger charge is 2.19. The van der Waals surface area contributed by atoms with Gasteiger partial charge in [0, 0.05) is 13.2 Å². The molecule has 14 heavy (non-hydrogen) atoms. The average Bonchev–Trinajstić information content (AvgIpc) is 2.48. The van der Waals surface area contributed by atoms with Crippen molar-refractivity contribution in [3.05, 3.63) is 11.4 Å². The first-order valence-electron chi connectivity index (χ1n) is 4.24. The smallest absolute Gasteiger partial charge is 0.358 e. The molecule has 0 bridgehead atoms. The largest absolute Gasteiger partial charge is 0.476 e. The van der Waals surface area contributed by atoms with E-state index in [4.69, 9.17) is 9.84 Å². The quantitative estimate of drug-likeness (QED) is 0.772. The van der Waals surface area contributed by atoms with E-state index in [0.29, 0.717) is 5.69 Å². The summed E-state index contributed by atoms with van der Waals surface area (Å²) in [6.07, 6.45) is 0. The number of aromatic nitrogens is 3. The summed E-state index contributed by atoms with van der Waals surface area (Å²) in [5.74, 6) is -1.08. The maximum Gasteiger partial charge on any atom is 0.358 e. The number of hydrogen-bond acceptors (Lipinski definition) is 4. The second-order valence-electron chi connectivity index (χ2n) is 3.16. The Bertz CT molecular complexity index is 333. The van der Waals surface area contributed by atoms with E-state index in [0.717, 1.165) is 0 Å². The first-order chi connectivity index (χ1) is 6.57. The molecular weight excluding hydrogens is 186 g/mol. The van der Waals surface area contributed by atoms with Crippen LogP contribution >= 0.6 is 0 Å². The number of aromatic carboxylic acids is 1. The van der Waals surface area contributed by atoms with Crippen LogP contribution in [0.1, 0.15) is 36.1 Å². The Hall–Kier alpha value is -1.43. The molecule has 0 aromatic carbocycles. The molecule has 0 spiro atoms. The van der Waals surface area contributed by atoms with Crippen LogP contribution in [0.15, 0.2) is 0 Å². The molecule has 1 rings (SSSR count). The molecule has 0 amide bonds. The van der Waals surface area contributed by atoms with Crippen LogP contribution in [0.4, 0.5) is 0 Å². The Labute approximate surface area is 81.5 Å². The molecule has 1 aromatic rings. The molecule has 6 nitrogen and oxygen atoms in total. The van der Waals surface area contributed by atoms with Gasteiger partial charge in [0.15, 0.2) is 5.69 Å². The average molecular weight is 199 g/mol. The van der Waals surface area contributed by atoms with Gasteiger partial charge in [0.25, 0.3) is 0 Å². The molecule has 1 heterocycles. The van der Waals surface area contributed by atoms with Crippen molar-refractivity contribution < 1.29 is 14.6 Å². The van der Waals surface area contributed by atoms with E-state index in [9.17, 15) is 4.79 Å². The Morgan fingerprint density at radius 3 is 2.71 bits per heavy atom. The number of ether oxygens (including phenoxy) is 1. The number of methoxy groups -OCH3 is 1. The van der Waals surface area contributed by atoms with Gasteiger partial charge in [-0.05, 0) is 13.8 Å². The minimum Gasteiger partial charge on any atom is -0.476 e.